The monoisotopic (exact) mass is 637 g/mol. The van der Waals surface area contributed by atoms with E-state index >= 15 is 0 Å². The summed E-state index contributed by atoms with van der Waals surface area (Å²) in [5.41, 5.74) is -3.86. The maximum absolute atomic E-state index is 13.8. The van der Waals surface area contributed by atoms with Gasteiger partial charge in [0.15, 0.2) is 12.2 Å². The number of hydrogen-bond donors (Lipinski definition) is 0. The van der Waals surface area contributed by atoms with Gasteiger partial charge >= 0.3 is 29.8 Å². The quantitative estimate of drug-likeness (QED) is 0.320. The smallest absolute Gasteiger partial charge is 0.340 e. The molecule has 1 aromatic carbocycles. The zero-order chi connectivity index (χ0) is 33.6. The van der Waals surface area contributed by atoms with Crippen LogP contribution in [0.1, 0.15) is 75.6 Å². The molecule has 1 saturated heterocycles. The van der Waals surface area contributed by atoms with E-state index in [0.717, 1.165) is 0 Å². The Hall–Kier alpha value is -4.32. The summed E-state index contributed by atoms with van der Waals surface area (Å²) < 4.78 is 37.4. The van der Waals surface area contributed by atoms with E-state index in [1.165, 1.54) is 33.2 Å². The number of ether oxygens (including phenoxy) is 6. The van der Waals surface area contributed by atoms with Crippen LogP contribution in [0.25, 0.3) is 0 Å². The first kappa shape index (κ1) is 33.1. The van der Waals surface area contributed by atoms with Crippen molar-refractivity contribution in [3.8, 4) is 0 Å². The number of benzene rings is 1. The lowest BCUT2D eigenvalue weighted by molar-refractivity contribution is -0.313. The molecule has 2 heterocycles. The second kappa shape index (κ2) is 12.1. The van der Waals surface area contributed by atoms with Crippen LogP contribution >= 0.6 is 0 Å². The van der Waals surface area contributed by atoms with Gasteiger partial charge in [0.2, 0.25) is 0 Å². The summed E-state index contributed by atoms with van der Waals surface area (Å²) in [7, 11) is 0. The summed E-state index contributed by atoms with van der Waals surface area (Å²) in [5, 5.41) is 0. The van der Waals surface area contributed by atoms with Crippen molar-refractivity contribution in [3.05, 3.63) is 66.0 Å². The van der Waals surface area contributed by atoms with Crippen molar-refractivity contribution in [2.45, 2.75) is 96.6 Å². The molecule has 3 fully saturated rings. The third-order valence-electron chi connectivity index (χ3n) is 9.60. The fourth-order valence-corrected chi connectivity index (χ4v) is 8.06. The molecule has 9 atom stereocenters. The molecule has 12 heteroatoms. The summed E-state index contributed by atoms with van der Waals surface area (Å²) in [6.45, 7) is 10.7. The molecule has 3 aliphatic rings. The average molecular weight is 638 g/mol. The molecule has 1 aromatic heterocycles. The maximum atomic E-state index is 13.8. The largest absolute Gasteiger partial charge is 0.459 e. The van der Waals surface area contributed by atoms with Gasteiger partial charge in [0, 0.05) is 33.2 Å². The lowest BCUT2D eigenvalue weighted by Gasteiger charge is -2.63. The number of esters is 5. The van der Waals surface area contributed by atoms with Crippen molar-refractivity contribution >= 4 is 29.8 Å². The Morgan fingerprint density at radius 1 is 0.739 bits per heavy atom. The van der Waals surface area contributed by atoms with Gasteiger partial charge in [-0.15, -0.1) is 0 Å². The molecule has 0 unspecified atom stereocenters. The van der Waals surface area contributed by atoms with Crippen LogP contribution in [-0.4, -0.2) is 76.6 Å². The highest BCUT2D eigenvalue weighted by Gasteiger charge is 2.83. The van der Waals surface area contributed by atoms with Crippen LogP contribution in [0.4, 0.5) is 0 Å². The van der Waals surface area contributed by atoms with E-state index in [-0.39, 0.29) is 17.5 Å². The molecule has 46 heavy (non-hydrogen) atoms. The highest BCUT2D eigenvalue weighted by atomic mass is 16.6. The second-order valence-electron chi connectivity index (χ2n) is 13.0. The van der Waals surface area contributed by atoms with E-state index in [2.05, 4.69) is 4.98 Å². The molecule has 246 valence electrons. The van der Waals surface area contributed by atoms with E-state index in [1.807, 2.05) is 6.92 Å². The summed E-state index contributed by atoms with van der Waals surface area (Å²) in [5.74, 6) is -4.84. The fourth-order valence-electron chi connectivity index (χ4n) is 8.06. The fraction of sp³-hybridized carbons (Fsp3) is 0.529. The van der Waals surface area contributed by atoms with Crippen molar-refractivity contribution in [1.82, 2.24) is 4.98 Å². The first-order valence-electron chi connectivity index (χ1n) is 15.2. The molecule has 0 N–H and O–H groups in total. The Labute approximate surface area is 267 Å². The molecular weight excluding hydrogens is 598 g/mol. The second-order valence-corrected chi connectivity index (χ2v) is 13.0. The van der Waals surface area contributed by atoms with E-state index < -0.39 is 88.8 Å². The Morgan fingerprint density at radius 3 is 1.91 bits per heavy atom. The predicted molar refractivity (Wildman–Crippen MR) is 159 cm³/mol. The molecular formula is C34H39NO11. The zero-order valence-electron chi connectivity index (χ0n) is 26.9. The van der Waals surface area contributed by atoms with E-state index in [9.17, 15) is 24.0 Å². The number of rotatable bonds is 7. The van der Waals surface area contributed by atoms with Crippen molar-refractivity contribution in [2.24, 2.45) is 17.3 Å². The van der Waals surface area contributed by atoms with E-state index in [0.29, 0.717) is 0 Å². The Bertz CT molecular complexity index is 1510. The number of carbonyl (C=O) groups excluding carboxylic acids is 5. The maximum Gasteiger partial charge on any atom is 0.340 e. The summed E-state index contributed by atoms with van der Waals surface area (Å²) in [6, 6.07) is 11.4. The van der Waals surface area contributed by atoms with Crippen LogP contribution in [0.2, 0.25) is 0 Å². The van der Waals surface area contributed by atoms with Gasteiger partial charge in [0.25, 0.3) is 0 Å². The van der Waals surface area contributed by atoms with E-state index in [1.54, 1.807) is 63.2 Å². The average Bonchev–Trinajstić information content (AvgIpc) is 3.19. The van der Waals surface area contributed by atoms with Gasteiger partial charge in [-0.2, -0.15) is 0 Å². The van der Waals surface area contributed by atoms with Gasteiger partial charge in [-0.1, -0.05) is 25.1 Å². The SMILES string of the molecule is CC(=O)O[C@H]1[C@@H]2[C@@H](OC(=O)c3cccnc3)[C@]3(OC2(C)C)[C@H](C)C[C@H](OC(C)=O)[C@@H](OC(C)=O)[C@@]3(C)[C@H]1OC(=O)c1ccccc1. The topological polar surface area (TPSA) is 154 Å². The van der Waals surface area contributed by atoms with E-state index in [4.69, 9.17) is 28.4 Å². The first-order chi connectivity index (χ1) is 21.6. The van der Waals surface area contributed by atoms with Crippen molar-refractivity contribution in [1.29, 1.82) is 0 Å². The Morgan fingerprint density at radius 2 is 1.33 bits per heavy atom. The lowest BCUT2D eigenvalue weighted by Crippen LogP contribution is -2.79. The van der Waals surface area contributed by atoms with Crippen LogP contribution in [0.15, 0.2) is 54.9 Å². The normalized spacial score (nSPS) is 33.9. The highest BCUT2D eigenvalue weighted by Crippen LogP contribution is 2.68. The van der Waals surface area contributed by atoms with Crippen LogP contribution in [0, 0.1) is 17.3 Å². The molecule has 0 amide bonds. The number of pyridine rings is 1. The van der Waals surface area contributed by atoms with Crippen molar-refractivity contribution < 1.29 is 52.4 Å². The van der Waals surface area contributed by atoms with Crippen molar-refractivity contribution in [3.63, 3.8) is 0 Å². The Balaban J connectivity index is 1.77. The molecule has 2 aromatic rings. The summed E-state index contributed by atoms with van der Waals surface area (Å²) >= 11 is 0. The summed E-state index contributed by atoms with van der Waals surface area (Å²) in [6.07, 6.45) is -2.95. The van der Waals surface area contributed by atoms with Crippen molar-refractivity contribution in [2.75, 3.05) is 0 Å². The van der Waals surface area contributed by atoms with Crippen LogP contribution in [0.5, 0.6) is 0 Å². The molecule has 0 radical (unpaired) electrons. The number of carbonyl (C=O) groups is 5. The Kier molecular flexibility index (Phi) is 8.71. The highest BCUT2D eigenvalue weighted by molar-refractivity contribution is 5.90. The number of fused-ring (bicyclic) bond motifs is 1. The van der Waals surface area contributed by atoms with Crippen LogP contribution < -0.4 is 0 Å². The van der Waals surface area contributed by atoms with Gasteiger partial charge in [-0.3, -0.25) is 19.4 Å². The number of hydrogen-bond acceptors (Lipinski definition) is 12. The third kappa shape index (κ3) is 5.42. The first-order valence-corrected chi connectivity index (χ1v) is 15.2. The number of aromatic nitrogens is 1. The summed E-state index contributed by atoms with van der Waals surface area (Å²) in [4.78, 5) is 69.4. The molecule has 5 rings (SSSR count). The minimum Gasteiger partial charge on any atom is -0.459 e. The van der Waals surface area contributed by atoms with Gasteiger partial charge in [-0.05, 0) is 57.4 Å². The lowest BCUT2D eigenvalue weighted by atomic mass is 9.47. The molecule has 1 spiro atoms. The number of nitrogens with zero attached hydrogens (tertiary/aromatic N) is 1. The molecule has 2 saturated carbocycles. The third-order valence-corrected chi connectivity index (χ3v) is 9.60. The van der Waals surface area contributed by atoms with Gasteiger partial charge < -0.3 is 28.4 Å². The van der Waals surface area contributed by atoms with Crippen LogP contribution in [-0.2, 0) is 42.8 Å². The molecule has 2 aliphatic carbocycles. The molecule has 12 nitrogen and oxygen atoms in total. The molecule has 2 bridgehead atoms. The van der Waals surface area contributed by atoms with Gasteiger partial charge in [0.1, 0.15) is 23.9 Å². The van der Waals surface area contributed by atoms with Gasteiger partial charge in [0.05, 0.1) is 28.1 Å². The molecule has 1 aliphatic heterocycles. The van der Waals surface area contributed by atoms with Gasteiger partial charge in [-0.25, -0.2) is 9.59 Å². The van der Waals surface area contributed by atoms with Crippen LogP contribution in [0.3, 0.4) is 0 Å². The standard InChI is InChI=1S/C34H39NO11/c1-18-16-24(41-19(2)36)27(43-21(4)38)33(7)29(45-30(39)22-12-9-8-10-13-22)26(42-20(3)37)25-28(34(18,33)46-32(25,5)6)44-31(40)23-14-11-15-35-17-23/h8-15,17-18,24-29H,16H2,1-7H3/t18-,24+,25-,26+,27-,28-,29+,33+,34-/m1/s1. The zero-order valence-corrected chi connectivity index (χ0v) is 26.9. The predicted octanol–water partition coefficient (Wildman–Crippen LogP) is 3.85. The minimum atomic E-state index is -1.62. The minimum absolute atomic E-state index is 0.147.